The molecule has 4 atom stereocenters. The van der Waals surface area contributed by atoms with Gasteiger partial charge in [-0.3, -0.25) is 4.18 Å². The molecule has 7 nitrogen and oxygen atoms in total. The first-order valence-corrected chi connectivity index (χ1v) is 9.92. The van der Waals surface area contributed by atoms with Crippen molar-refractivity contribution in [1.82, 2.24) is 0 Å². The molecule has 0 radical (unpaired) electrons. The van der Waals surface area contributed by atoms with E-state index in [1.807, 2.05) is 25.1 Å². The second-order valence-corrected chi connectivity index (χ2v) is 7.98. The molecule has 0 saturated carbocycles. The Morgan fingerprint density at radius 1 is 1.15 bits per heavy atom. The number of ether oxygens (including phenoxy) is 2. The summed E-state index contributed by atoms with van der Waals surface area (Å²) in [5.74, 6) is 0. The second-order valence-electron chi connectivity index (χ2n) is 6.36. The third kappa shape index (κ3) is 4.92. The third-order valence-corrected chi connectivity index (χ3v) is 5.53. The molecule has 3 rings (SSSR count). The molecule has 146 valence electrons. The average Bonchev–Trinajstić information content (AvgIpc) is 2.67. The van der Waals surface area contributed by atoms with Gasteiger partial charge < -0.3 is 19.7 Å². The minimum absolute atomic E-state index is 0.00379. The van der Waals surface area contributed by atoms with Crippen molar-refractivity contribution in [3.05, 3.63) is 65.7 Å². The summed E-state index contributed by atoms with van der Waals surface area (Å²) in [6.45, 7) is 1.25. The number of aliphatic hydroxyl groups is 2. The van der Waals surface area contributed by atoms with Crippen molar-refractivity contribution in [2.45, 2.75) is 36.4 Å². The molecule has 1 fully saturated rings. The Hall–Kier alpha value is -1.81. The first-order valence-electron chi connectivity index (χ1n) is 8.51. The second kappa shape index (κ2) is 8.47. The smallest absolute Gasteiger partial charge is 0.297 e. The van der Waals surface area contributed by atoms with E-state index in [1.165, 1.54) is 12.1 Å². The Morgan fingerprint density at radius 3 is 2.48 bits per heavy atom. The highest BCUT2D eigenvalue weighted by Crippen LogP contribution is 2.28. The van der Waals surface area contributed by atoms with E-state index in [9.17, 15) is 18.6 Å². The van der Waals surface area contributed by atoms with Crippen molar-refractivity contribution in [3.63, 3.8) is 0 Å². The van der Waals surface area contributed by atoms with Gasteiger partial charge in [-0.15, -0.1) is 0 Å². The van der Waals surface area contributed by atoms with Crippen LogP contribution < -0.4 is 0 Å². The van der Waals surface area contributed by atoms with E-state index in [4.69, 9.17) is 13.7 Å². The quantitative estimate of drug-likeness (QED) is 0.717. The van der Waals surface area contributed by atoms with Gasteiger partial charge in [0.2, 0.25) is 0 Å². The van der Waals surface area contributed by atoms with Crippen LogP contribution in [0.5, 0.6) is 0 Å². The van der Waals surface area contributed by atoms with Gasteiger partial charge in [-0.05, 0) is 19.1 Å². The van der Waals surface area contributed by atoms with Crippen LogP contribution in [0, 0.1) is 6.92 Å². The molecule has 0 aromatic heterocycles. The molecule has 0 spiro atoms. The normalized spacial score (nSPS) is 24.5. The van der Waals surface area contributed by atoms with Gasteiger partial charge in [0.15, 0.2) is 6.29 Å². The fourth-order valence-corrected chi connectivity index (χ4v) is 3.64. The van der Waals surface area contributed by atoms with Gasteiger partial charge in [0.1, 0.15) is 18.3 Å². The summed E-state index contributed by atoms with van der Waals surface area (Å²) in [7, 11) is -4.02. The number of hydrogen-bond donors (Lipinski definition) is 2. The number of aliphatic hydroxyl groups excluding tert-OH is 2. The predicted octanol–water partition coefficient (Wildman–Crippen LogP) is 1.54. The van der Waals surface area contributed by atoms with Crippen molar-refractivity contribution in [2.24, 2.45) is 0 Å². The van der Waals surface area contributed by atoms with E-state index in [-0.39, 0.29) is 11.5 Å². The maximum absolute atomic E-state index is 12.2. The summed E-state index contributed by atoms with van der Waals surface area (Å²) >= 11 is 0. The molecule has 0 bridgehead atoms. The maximum atomic E-state index is 12.2. The van der Waals surface area contributed by atoms with Crippen molar-refractivity contribution >= 4 is 10.1 Å². The van der Waals surface area contributed by atoms with E-state index in [1.54, 1.807) is 24.3 Å². The summed E-state index contributed by atoms with van der Waals surface area (Å²) < 4.78 is 40.5. The number of aryl methyl sites for hydroxylation is 1. The van der Waals surface area contributed by atoms with Crippen LogP contribution in [0.15, 0.2) is 59.5 Å². The van der Waals surface area contributed by atoms with Crippen molar-refractivity contribution < 1.29 is 32.3 Å². The molecular formula is C19H22O7S. The zero-order chi connectivity index (χ0) is 19.4. The molecule has 1 unspecified atom stereocenters. The summed E-state index contributed by atoms with van der Waals surface area (Å²) in [4.78, 5) is -0.00379. The highest BCUT2D eigenvalue weighted by Gasteiger charge is 2.37. The Labute approximate surface area is 158 Å². The zero-order valence-electron chi connectivity index (χ0n) is 14.8. The Balaban J connectivity index is 1.64. The van der Waals surface area contributed by atoms with Crippen LogP contribution in [-0.4, -0.2) is 50.2 Å². The fraction of sp³-hybridized carbons (Fsp3) is 0.368. The Kier molecular flexibility index (Phi) is 6.25. The van der Waals surface area contributed by atoms with Gasteiger partial charge in [-0.25, -0.2) is 0 Å². The lowest BCUT2D eigenvalue weighted by atomic mass is 10.1. The van der Waals surface area contributed by atoms with Crippen LogP contribution in [0.3, 0.4) is 0 Å². The summed E-state index contributed by atoms with van der Waals surface area (Å²) in [5, 5.41) is 20.4. The standard InChI is InChI=1S/C19H22O7S/c1-13-7-9-15(10-8-13)27(22,23)25-12-17(21)18-16(20)11-24-19(26-18)14-5-3-2-4-6-14/h2-10,16-21H,11-12H2,1H3/t16-,17-,18+,19?/m1/s1. The molecule has 2 N–H and O–H groups in total. The summed E-state index contributed by atoms with van der Waals surface area (Å²) in [5.41, 5.74) is 1.65. The van der Waals surface area contributed by atoms with Gasteiger partial charge in [0.05, 0.1) is 18.1 Å². The van der Waals surface area contributed by atoms with Crippen LogP contribution in [0.25, 0.3) is 0 Å². The number of rotatable bonds is 6. The average molecular weight is 394 g/mol. The zero-order valence-corrected chi connectivity index (χ0v) is 15.6. The van der Waals surface area contributed by atoms with Gasteiger partial charge >= 0.3 is 0 Å². The SMILES string of the molecule is Cc1ccc(S(=O)(=O)OC[C@@H](O)[C@H]2OC(c3ccccc3)OC[C@H]2O)cc1. The Morgan fingerprint density at radius 2 is 1.81 bits per heavy atom. The van der Waals surface area contributed by atoms with E-state index in [0.29, 0.717) is 0 Å². The van der Waals surface area contributed by atoms with E-state index < -0.39 is 41.3 Å². The monoisotopic (exact) mass is 394 g/mol. The molecule has 1 heterocycles. The van der Waals surface area contributed by atoms with Crippen molar-refractivity contribution in [2.75, 3.05) is 13.2 Å². The molecule has 2 aromatic rings. The highest BCUT2D eigenvalue weighted by atomic mass is 32.2. The van der Waals surface area contributed by atoms with Crippen molar-refractivity contribution in [3.8, 4) is 0 Å². The van der Waals surface area contributed by atoms with E-state index in [2.05, 4.69) is 0 Å². The highest BCUT2D eigenvalue weighted by molar-refractivity contribution is 7.86. The molecule has 2 aromatic carbocycles. The minimum Gasteiger partial charge on any atom is -0.388 e. The van der Waals surface area contributed by atoms with E-state index >= 15 is 0 Å². The van der Waals surface area contributed by atoms with Gasteiger partial charge in [-0.2, -0.15) is 8.42 Å². The number of hydrogen-bond acceptors (Lipinski definition) is 7. The van der Waals surface area contributed by atoms with Gasteiger partial charge in [-0.1, -0.05) is 48.0 Å². The minimum atomic E-state index is -4.02. The van der Waals surface area contributed by atoms with Crippen LogP contribution in [0.1, 0.15) is 17.4 Å². The van der Waals surface area contributed by atoms with E-state index in [0.717, 1.165) is 11.1 Å². The van der Waals surface area contributed by atoms with Gasteiger partial charge in [0.25, 0.3) is 10.1 Å². The molecule has 27 heavy (non-hydrogen) atoms. The van der Waals surface area contributed by atoms with Crippen LogP contribution >= 0.6 is 0 Å². The molecule has 0 amide bonds. The summed E-state index contributed by atoms with van der Waals surface area (Å²) in [6.07, 6.45) is -4.26. The summed E-state index contributed by atoms with van der Waals surface area (Å²) in [6, 6.07) is 15.2. The predicted molar refractivity (Wildman–Crippen MR) is 96.3 cm³/mol. The lowest BCUT2D eigenvalue weighted by molar-refractivity contribution is -0.277. The Bertz CT molecular complexity index is 836. The largest absolute Gasteiger partial charge is 0.388 e. The third-order valence-electron chi connectivity index (χ3n) is 4.23. The molecule has 8 heteroatoms. The topological polar surface area (TPSA) is 102 Å². The van der Waals surface area contributed by atoms with Crippen molar-refractivity contribution in [1.29, 1.82) is 0 Å². The maximum Gasteiger partial charge on any atom is 0.297 e. The lowest BCUT2D eigenvalue weighted by Crippen LogP contribution is -2.49. The first kappa shape index (κ1) is 19.9. The van der Waals surface area contributed by atoms with Crippen LogP contribution in [0.2, 0.25) is 0 Å². The molecule has 0 aliphatic carbocycles. The van der Waals surface area contributed by atoms with Crippen LogP contribution in [-0.2, 0) is 23.8 Å². The number of benzene rings is 2. The fourth-order valence-electron chi connectivity index (χ4n) is 2.71. The molecule has 1 aliphatic rings. The molecule has 1 saturated heterocycles. The first-order chi connectivity index (χ1) is 12.9. The molecule has 1 aliphatic heterocycles. The van der Waals surface area contributed by atoms with Gasteiger partial charge in [0, 0.05) is 5.56 Å². The lowest BCUT2D eigenvalue weighted by Gasteiger charge is -2.36. The van der Waals surface area contributed by atoms with Crippen LogP contribution in [0.4, 0.5) is 0 Å². The molecular weight excluding hydrogens is 372 g/mol.